The van der Waals surface area contributed by atoms with Crippen molar-refractivity contribution in [2.24, 2.45) is 5.92 Å². The van der Waals surface area contributed by atoms with Gasteiger partial charge in [0, 0.05) is 32.7 Å². The van der Waals surface area contributed by atoms with E-state index >= 15 is 0 Å². The van der Waals surface area contributed by atoms with Gasteiger partial charge in [-0.25, -0.2) is 4.79 Å². The van der Waals surface area contributed by atoms with Crippen molar-refractivity contribution >= 4 is 23.5 Å². The SMILES string of the molecule is CC(Cl)C(=O)NC(=O)N1CCN(CC2CC2)CC1. The lowest BCUT2D eigenvalue weighted by Gasteiger charge is -2.34. The van der Waals surface area contributed by atoms with Gasteiger partial charge in [0.25, 0.3) is 0 Å². The second-order valence-electron chi connectivity index (χ2n) is 5.14. The van der Waals surface area contributed by atoms with Gasteiger partial charge in [-0.3, -0.25) is 15.0 Å². The maximum absolute atomic E-state index is 11.8. The maximum Gasteiger partial charge on any atom is 0.324 e. The Morgan fingerprint density at radius 1 is 1.28 bits per heavy atom. The molecule has 0 aromatic carbocycles. The summed E-state index contributed by atoms with van der Waals surface area (Å²) >= 11 is 5.61. The highest BCUT2D eigenvalue weighted by Crippen LogP contribution is 2.29. The van der Waals surface area contributed by atoms with E-state index in [4.69, 9.17) is 11.6 Å². The summed E-state index contributed by atoms with van der Waals surface area (Å²) in [6.07, 6.45) is 2.70. The molecule has 5 nitrogen and oxygen atoms in total. The van der Waals surface area contributed by atoms with E-state index in [1.165, 1.54) is 12.8 Å². The Morgan fingerprint density at radius 2 is 1.89 bits per heavy atom. The van der Waals surface area contributed by atoms with Crippen LogP contribution in [0.4, 0.5) is 4.79 Å². The van der Waals surface area contributed by atoms with Crippen molar-refractivity contribution in [3.63, 3.8) is 0 Å². The van der Waals surface area contributed by atoms with Crippen molar-refractivity contribution in [1.29, 1.82) is 0 Å². The second kappa shape index (κ2) is 5.89. The molecule has 3 amide bonds. The van der Waals surface area contributed by atoms with E-state index in [-0.39, 0.29) is 6.03 Å². The number of carbonyl (C=O) groups excluding carboxylic acids is 2. The van der Waals surface area contributed by atoms with Crippen LogP contribution in [-0.4, -0.2) is 59.8 Å². The number of carbonyl (C=O) groups is 2. The second-order valence-corrected chi connectivity index (χ2v) is 5.80. The smallest absolute Gasteiger partial charge is 0.322 e. The van der Waals surface area contributed by atoms with Crippen LogP contribution in [0.3, 0.4) is 0 Å². The summed E-state index contributed by atoms with van der Waals surface area (Å²) in [5.41, 5.74) is 0. The highest BCUT2D eigenvalue weighted by Gasteiger charge is 2.28. The Hall–Kier alpha value is -0.810. The van der Waals surface area contributed by atoms with Crippen LogP contribution in [0.1, 0.15) is 19.8 Å². The van der Waals surface area contributed by atoms with E-state index in [9.17, 15) is 9.59 Å². The summed E-state index contributed by atoms with van der Waals surface area (Å²) in [6, 6.07) is -0.321. The topological polar surface area (TPSA) is 52.7 Å². The number of hydrogen-bond donors (Lipinski definition) is 1. The summed E-state index contributed by atoms with van der Waals surface area (Å²) in [5.74, 6) is 0.450. The minimum absolute atomic E-state index is 0.321. The lowest BCUT2D eigenvalue weighted by atomic mass is 10.3. The molecule has 102 valence electrons. The zero-order valence-electron chi connectivity index (χ0n) is 10.7. The predicted molar refractivity (Wildman–Crippen MR) is 69.6 cm³/mol. The molecule has 0 radical (unpaired) electrons. The van der Waals surface area contributed by atoms with Crippen LogP contribution < -0.4 is 5.32 Å². The molecule has 1 saturated heterocycles. The van der Waals surface area contributed by atoms with Crippen LogP contribution in [0.15, 0.2) is 0 Å². The fourth-order valence-corrected chi connectivity index (χ4v) is 2.14. The third kappa shape index (κ3) is 3.85. The van der Waals surface area contributed by atoms with E-state index in [1.54, 1.807) is 11.8 Å². The van der Waals surface area contributed by atoms with E-state index in [0.717, 1.165) is 25.6 Å². The van der Waals surface area contributed by atoms with Gasteiger partial charge in [0.05, 0.1) is 0 Å². The molecule has 2 aliphatic rings. The number of alkyl halides is 1. The van der Waals surface area contributed by atoms with Gasteiger partial charge in [0.1, 0.15) is 5.38 Å². The molecule has 1 unspecified atom stereocenters. The van der Waals surface area contributed by atoms with Crippen LogP contribution in [-0.2, 0) is 4.79 Å². The molecule has 0 aromatic heterocycles. The molecule has 6 heteroatoms. The van der Waals surface area contributed by atoms with E-state index in [1.807, 2.05) is 0 Å². The van der Waals surface area contributed by atoms with E-state index < -0.39 is 11.3 Å². The monoisotopic (exact) mass is 273 g/mol. The number of rotatable bonds is 3. The number of amides is 3. The van der Waals surface area contributed by atoms with Crippen LogP contribution in [0.2, 0.25) is 0 Å². The molecular formula is C12H20ClN3O2. The summed E-state index contributed by atoms with van der Waals surface area (Å²) in [7, 11) is 0. The Bertz CT molecular complexity index is 323. The molecule has 0 aromatic rings. The van der Waals surface area contributed by atoms with Crippen molar-refractivity contribution in [1.82, 2.24) is 15.1 Å². The summed E-state index contributed by atoms with van der Waals surface area (Å²) in [5, 5.41) is 1.64. The predicted octanol–water partition coefficient (Wildman–Crippen LogP) is 0.877. The molecule has 2 rings (SSSR count). The van der Waals surface area contributed by atoms with Crippen LogP contribution in [0.25, 0.3) is 0 Å². The molecular weight excluding hydrogens is 254 g/mol. The van der Waals surface area contributed by atoms with Gasteiger partial charge in [0.15, 0.2) is 0 Å². The minimum atomic E-state index is -0.676. The molecule has 1 aliphatic heterocycles. The van der Waals surface area contributed by atoms with Gasteiger partial charge < -0.3 is 4.90 Å². The van der Waals surface area contributed by atoms with Crippen LogP contribution in [0.5, 0.6) is 0 Å². The van der Waals surface area contributed by atoms with Gasteiger partial charge in [-0.15, -0.1) is 11.6 Å². The lowest BCUT2D eigenvalue weighted by molar-refractivity contribution is -0.119. The molecule has 18 heavy (non-hydrogen) atoms. The standard InChI is InChI=1S/C12H20ClN3O2/c1-9(13)11(17)14-12(18)16-6-4-15(5-7-16)8-10-2-3-10/h9-10H,2-8H2,1H3,(H,14,17,18). The molecule has 1 atom stereocenters. The third-order valence-corrected chi connectivity index (χ3v) is 3.66. The highest BCUT2D eigenvalue weighted by atomic mass is 35.5. The number of hydrogen-bond acceptors (Lipinski definition) is 3. The molecule has 0 spiro atoms. The Labute approximate surface area is 112 Å². The molecule has 1 saturated carbocycles. The zero-order valence-corrected chi connectivity index (χ0v) is 11.4. The third-order valence-electron chi connectivity index (χ3n) is 3.46. The minimum Gasteiger partial charge on any atom is -0.322 e. The first-order chi connectivity index (χ1) is 8.56. The van der Waals surface area contributed by atoms with E-state index in [0.29, 0.717) is 13.1 Å². The molecule has 1 heterocycles. The zero-order chi connectivity index (χ0) is 13.1. The first-order valence-corrected chi connectivity index (χ1v) is 6.96. The quantitative estimate of drug-likeness (QED) is 0.777. The Morgan fingerprint density at radius 3 is 2.39 bits per heavy atom. The average molecular weight is 274 g/mol. The van der Waals surface area contributed by atoms with Gasteiger partial charge in [0.2, 0.25) is 5.91 Å². The summed E-state index contributed by atoms with van der Waals surface area (Å²) < 4.78 is 0. The number of nitrogens with zero attached hydrogens (tertiary/aromatic N) is 2. The van der Waals surface area contributed by atoms with Crippen molar-refractivity contribution in [3.8, 4) is 0 Å². The number of urea groups is 1. The molecule has 1 N–H and O–H groups in total. The fourth-order valence-electron chi connectivity index (χ4n) is 2.08. The number of piperazine rings is 1. The average Bonchev–Trinajstić information content (AvgIpc) is 3.13. The first kappa shape index (κ1) is 13.6. The van der Waals surface area contributed by atoms with Crippen LogP contribution >= 0.6 is 11.6 Å². The molecule has 1 aliphatic carbocycles. The number of nitrogens with one attached hydrogen (secondary N) is 1. The Kier molecular flexibility index (Phi) is 4.45. The largest absolute Gasteiger partial charge is 0.324 e. The van der Waals surface area contributed by atoms with Crippen molar-refractivity contribution in [3.05, 3.63) is 0 Å². The van der Waals surface area contributed by atoms with Crippen molar-refractivity contribution in [2.45, 2.75) is 25.1 Å². The molecule has 0 bridgehead atoms. The normalized spacial score (nSPS) is 22.7. The van der Waals surface area contributed by atoms with Gasteiger partial charge in [-0.2, -0.15) is 0 Å². The van der Waals surface area contributed by atoms with Crippen LogP contribution in [0, 0.1) is 5.92 Å². The first-order valence-electron chi connectivity index (χ1n) is 6.52. The van der Waals surface area contributed by atoms with Gasteiger partial charge >= 0.3 is 6.03 Å². The Balaban J connectivity index is 1.71. The van der Waals surface area contributed by atoms with Gasteiger partial charge in [-0.1, -0.05) is 0 Å². The number of imide groups is 1. The van der Waals surface area contributed by atoms with Crippen molar-refractivity contribution < 1.29 is 9.59 Å². The molecule has 2 fully saturated rings. The maximum atomic E-state index is 11.8. The number of halogens is 1. The lowest BCUT2D eigenvalue weighted by Crippen LogP contribution is -2.53. The summed E-state index contributed by atoms with van der Waals surface area (Å²) in [4.78, 5) is 27.2. The van der Waals surface area contributed by atoms with Crippen molar-refractivity contribution in [2.75, 3.05) is 32.7 Å². The van der Waals surface area contributed by atoms with E-state index in [2.05, 4.69) is 10.2 Å². The fraction of sp³-hybridized carbons (Fsp3) is 0.833. The van der Waals surface area contributed by atoms with Gasteiger partial charge in [-0.05, 0) is 25.7 Å². The highest BCUT2D eigenvalue weighted by molar-refractivity contribution is 6.31. The summed E-state index contributed by atoms with van der Waals surface area (Å²) in [6.45, 7) is 5.87.